The summed E-state index contributed by atoms with van der Waals surface area (Å²) in [5.41, 5.74) is 0.701. The average molecular weight is 254 g/mol. The third-order valence-electron chi connectivity index (χ3n) is 3.53. The molecule has 4 heteroatoms. The minimum atomic E-state index is -0.232. The second kappa shape index (κ2) is 5.85. The smallest absolute Gasteiger partial charge is 0.333 e. The highest BCUT2D eigenvalue weighted by Gasteiger charge is 2.49. The number of esters is 1. The maximum Gasteiger partial charge on any atom is 0.333 e. The van der Waals surface area contributed by atoms with Crippen molar-refractivity contribution in [3.05, 3.63) is 11.6 Å². The lowest BCUT2D eigenvalue weighted by Crippen LogP contribution is -2.30. The minimum Gasteiger partial charge on any atom is -0.463 e. The number of carbonyl (C=O) groups excluding carboxylic acids is 1. The molecule has 0 amide bonds. The van der Waals surface area contributed by atoms with Crippen molar-refractivity contribution in [3.8, 4) is 0 Å². The van der Waals surface area contributed by atoms with E-state index in [1.165, 1.54) is 0 Å². The molecule has 0 spiro atoms. The lowest BCUT2D eigenvalue weighted by atomic mass is 9.97. The number of epoxide rings is 1. The van der Waals surface area contributed by atoms with E-state index >= 15 is 0 Å². The van der Waals surface area contributed by atoms with E-state index in [4.69, 9.17) is 14.2 Å². The van der Waals surface area contributed by atoms with Crippen LogP contribution in [0.4, 0.5) is 0 Å². The molecular formula is C14H22O4. The Hall–Kier alpha value is -0.870. The van der Waals surface area contributed by atoms with Crippen LogP contribution in [0.25, 0.3) is 0 Å². The molecule has 1 fully saturated rings. The van der Waals surface area contributed by atoms with Crippen molar-refractivity contribution in [3.63, 3.8) is 0 Å². The number of hydrogen-bond donors (Lipinski definition) is 0. The molecule has 1 heterocycles. The summed E-state index contributed by atoms with van der Waals surface area (Å²) in [4.78, 5) is 11.7. The zero-order chi connectivity index (χ0) is 13.1. The van der Waals surface area contributed by atoms with Crippen molar-refractivity contribution in [2.24, 2.45) is 0 Å². The molecule has 3 atom stereocenters. The van der Waals surface area contributed by atoms with Crippen LogP contribution in [0, 0.1) is 0 Å². The Morgan fingerprint density at radius 2 is 2.17 bits per heavy atom. The fourth-order valence-electron chi connectivity index (χ4n) is 2.38. The molecule has 2 aliphatic rings. The lowest BCUT2D eigenvalue weighted by Gasteiger charge is -2.22. The van der Waals surface area contributed by atoms with E-state index in [0.717, 1.165) is 12.8 Å². The largest absolute Gasteiger partial charge is 0.463 e. The van der Waals surface area contributed by atoms with Crippen LogP contribution in [0.15, 0.2) is 11.6 Å². The third-order valence-corrected chi connectivity index (χ3v) is 3.53. The van der Waals surface area contributed by atoms with Gasteiger partial charge >= 0.3 is 5.97 Å². The van der Waals surface area contributed by atoms with Gasteiger partial charge in [0.05, 0.1) is 18.8 Å². The molecule has 0 aromatic rings. The molecule has 0 unspecified atom stereocenters. The third kappa shape index (κ3) is 2.93. The molecule has 0 bridgehead atoms. The molecule has 0 N–H and O–H groups in total. The Morgan fingerprint density at radius 3 is 2.78 bits per heavy atom. The molecule has 102 valence electrons. The van der Waals surface area contributed by atoms with E-state index in [-0.39, 0.29) is 30.4 Å². The molecular weight excluding hydrogens is 232 g/mol. The average Bonchev–Trinajstić information content (AvgIpc) is 3.15. The normalized spacial score (nSPS) is 29.8. The van der Waals surface area contributed by atoms with Gasteiger partial charge in [0.2, 0.25) is 0 Å². The summed E-state index contributed by atoms with van der Waals surface area (Å²) in [6.07, 6.45) is 4.94. The van der Waals surface area contributed by atoms with Gasteiger partial charge in [0, 0.05) is 12.0 Å². The summed E-state index contributed by atoms with van der Waals surface area (Å²) in [5, 5.41) is 0. The van der Waals surface area contributed by atoms with Crippen LogP contribution in [0.2, 0.25) is 0 Å². The van der Waals surface area contributed by atoms with Gasteiger partial charge in [-0.05, 0) is 25.8 Å². The van der Waals surface area contributed by atoms with Gasteiger partial charge in [-0.15, -0.1) is 0 Å². The van der Waals surface area contributed by atoms with E-state index in [9.17, 15) is 4.79 Å². The maximum absolute atomic E-state index is 11.7. The predicted molar refractivity (Wildman–Crippen MR) is 67.2 cm³/mol. The van der Waals surface area contributed by atoms with Crippen LogP contribution in [-0.4, -0.2) is 37.0 Å². The highest BCUT2D eigenvalue weighted by Crippen LogP contribution is 2.38. The maximum atomic E-state index is 11.7. The fourth-order valence-corrected chi connectivity index (χ4v) is 2.38. The van der Waals surface area contributed by atoms with E-state index in [2.05, 4.69) is 13.8 Å². The summed E-state index contributed by atoms with van der Waals surface area (Å²) < 4.78 is 16.6. The topological polar surface area (TPSA) is 48.1 Å². The van der Waals surface area contributed by atoms with Gasteiger partial charge in [-0.2, -0.15) is 0 Å². The number of ether oxygens (including phenoxy) is 3. The van der Waals surface area contributed by atoms with Gasteiger partial charge in [-0.3, -0.25) is 0 Å². The lowest BCUT2D eigenvalue weighted by molar-refractivity contribution is -0.138. The summed E-state index contributed by atoms with van der Waals surface area (Å²) in [7, 11) is 0. The van der Waals surface area contributed by atoms with Gasteiger partial charge in [0.15, 0.2) is 0 Å². The zero-order valence-electron chi connectivity index (χ0n) is 11.3. The highest BCUT2D eigenvalue weighted by molar-refractivity contribution is 5.89. The summed E-state index contributed by atoms with van der Waals surface area (Å²) in [6.45, 7) is 6.44. The van der Waals surface area contributed by atoms with Crippen molar-refractivity contribution in [2.75, 3.05) is 6.61 Å². The first-order chi connectivity index (χ1) is 8.69. The van der Waals surface area contributed by atoms with Gasteiger partial charge in [0.1, 0.15) is 12.2 Å². The molecule has 4 nitrogen and oxygen atoms in total. The standard InChI is InChI=1S/C14H22O4/c1-4-10(5-2)17-11-7-9(14(15)16-6-3)8-12-13(11)18-12/h7,10-13H,4-6,8H2,1-3H3/t11-,12-,13-/m1/s1. The molecule has 2 rings (SSSR count). The monoisotopic (exact) mass is 254 g/mol. The Kier molecular flexibility index (Phi) is 4.40. The van der Waals surface area contributed by atoms with E-state index in [1.54, 1.807) is 0 Å². The van der Waals surface area contributed by atoms with Crippen molar-refractivity contribution in [1.29, 1.82) is 0 Å². The first-order valence-electron chi connectivity index (χ1n) is 6.88. The van der Waals surface area contributed by atoms with E-state index in [1.807, 2.05) is 13.0 Å². The molecule has 0 aromatic heterocycles. The highest BCUT2D eigenvalue weighted by atomic mass is 16.6. The van der Waals surface area contributed by atoms with Crippen LogP contribution in [-0.2, 0) is 19.0 Å². The second-order valence-corrected chi connectivity index (χ2v) is 4.79. The zero-order valence-corrected chi connectivity index (χ0v) is 11.3. The molecule has 1 aliphatic carbocycles. The van der Waals surface area contributed by atoms with E-state index in [0.29, 0.717) is 18.6 Å². The van der Waals surface area contributed by atoms with Gasteiger partial charge in [0.25, 0.3) is 0 Å². The van der Waals surface area contributed by atoms with Crippen LogP contribution in [0.3, 0.4) is 0 Å². The van der Waals surface area contributed by atoms with E-state index < -0.39 is 0 Å². The molecule has 1 aliphatic heterocycles. The van der Waals surface area contributed by atoms with Gasteiger partial charge < -0.3 is 14.2 Å². The molecule has 0 saturated carbocycles. The summed E-state index contributed by atoms with van der Waals surface area (Å²) in [5.74, 6) is -0.232. The molecule has 1 saturated heterocycles. The first-order valence-corrected chi connectivity index (χ1v) is 6.88. The Labute approximate surface area is 108 Å². The van der Waals surface area contributed by atoms with Crippen molar-refractivity contribution in [2.45, 2.75) is 64.4 Å². The van der Waals surface area contributed by atoms with Crippen LogP contribution in [0.5, 0.6) is 0 Å². The number of rotatable bonds is 6. The number of carbonyl (C=O) groups is 1. The quantitative estimate of drug-likeness (QED) is 0.538. The van der Waals surface area contributed by atoms with Crippen LogP contribution < -0.4 is 0 Å². The Balaban J connectivity index is 2.00. The predicted octanol–water partition coefficient (Wildman–Crippen LogP) is 2.22. The van der Waals surface area contributed by atoms with Gasteiger partial charge in [-0.25, -0.2) is 4.79 Å². The molecule has 0 radical (unpaired) electrons. The van der Waals surface area contributed by atoms with Crippen LogP contribution >= 0.6 is 0 Å². The first kappa shape index (κ1) is 13.6. The Bertz CT molecular complexity index is 333. The molecule has 0 aromatic carbocycles. The van der Waals surface area contributed by atoms with Gasteiger partial charge in [-0.1, -0.05) is 13.8 Å². The fraction of sp³-hybridized carbons (Fsp3) is 0.786. The number of fused-ring (bicyclic) bond motifs is 1. The SMILES string of the molecule is CCOC(=O)C1=C[C@@H](OC(CC)CC)[C@H]2O[C@@H]2C1. The summed E-state index contributed by atoms with van der Waals surface area (Å²) >= 11 is 0. The number of hydrogen-bond acceptors (Lipinski definition) is 4. The van der Waals surface area contributed by atoms with Crippen molar-refractivity contribution in [1.82, 2.24) is 0 Å². The molecule has 18 heavy (non-hydrogen) atoms. The minimum absolute atomic E-state index is 0.0898. The van der Waals surface area contributed by atoms with Crippen molar-refractivity contribution >= 4 is 5.97 Å². The van der Waals surface area contributed by atoms with Crippen LogP contribution in [0.1, 0.15) is 40.0 Å². The second-order valence-electron chi connectivity index (χ2n) is 4.79. The Morgan fingerprint density at radius 1 is 1.44 bits per heavy atom. The summed E-state index contributed by atoms with van der Waals surface area (Å²) in [6, 6.07) is 0. The van der Waals surface area contributed by atoms with Crippen molar-refractivity contribution < 1.29 is 19.0 Å².